The van der Waals surface area contributed by atoms with Crippen molar-refractivity contribution < 1.29 is 9.53 Å². The van der Waals surface area contributed by atoms with Crippen molar-refractivity contribution >= 4 is 5.97 Å². The molecule has 2 N–H and O–H groups in total. The van der Waals surface area contributed by atoms with Crippen LogP contribution < -0.4 is 5.73 Å². The molecule has 3 nitrogen and oxygen atoms in total. The fraction of sp³-hybridized carbons (Fsp3) is 0.923. The second kappa shape index (κ2) is 5.67. The van der Waals surface area contributed by atoms with Gasteiger partial charge < -0.3 is 10.5 Å². The molecule has 0 aromatic heterocycles. The average molecular weight is 227 g/mol. The van der Waals surface area contributed by atoms with Gasteiger partial charge in [0, 0.05) is 0 Å². The molecule has 1 aliphatic carbocycles. The maximum atomic E-state index is 12.0. The van der Waals surface area contributed by atoms with Gasteiger partial charge >= 0.3 is 5.97 Å². The molecular weight excluding hydrogens is 202 g/mol. The number of esters is 1. The molecule has 1 aliphatic rings. The molecule has 0 spiro atoms. The number of hydrogen-bond donors (Lipinski definition) is 1. The minimum Gasteiger partial charge on any atom is -0.464 e. The van der Waals surface area contributed by atoms with Crippen LogP contribution in [0.1, 0.15) is 52.9 Å². The number of ether oxygens (including phenoxy) is 1. The summed E-state index contributed by atoms with van der Waals surface area (Å²) in [5.41, 5.74) is 5.46. The minimum absolute atomic E-state index is 0.194. The van der Waals surface area contributed by atoms with Gasteiger partial charge in [0.2, 0.25) is 0 Å². The Bertz CT molecular complexity index is 240. The molecule has 16 heavy (non-hydrogen) atoms. The number of hydrogen-bond acceptors (Lipinski definition) is 3. The zero-order chi connectivity index (χ0) is 12.2. The number of carbonyl (C=O) groups is 1. The van der Waals surface area contributed by atoms with E-state index < -0.39 is 5.54 Å². The number of nitrogens with two attached hydrogens (primary N) is 1. The third-order valence-corrected chi connectivity index (χ3v) is 3.67. The lowest BCUT2D eigenvalue weighted by Crippen LogP contribution is -2.55. The molecule has 0 heterocycles. The second-order valence-electron chi connectivity index (χ2n) is 5.51. The van der Waals surface area contributed by atoms with E-state index in [0.29, 0.717) is 12.5 Å². The predicted molar refractivity (Wildman–Crippen MR) is 65.0 cm³/mol. The van der Waals surface area contributed by atoms with Crippen molar-refractivity contribution in [2.75, 3.05) is 6.61 Å². The molecule has 0 amide bonds. The molecule has 3 heteroatoms. The fourth-order valence-corrected chi connectivity index (χ4v) is 2.20. The summed E-state index contributed by atoms with van der Waals surface area (Å²) in [5.74, 6) is 0.610. The molecule has 2 atom stereocenters. The summed E-state index contributed by atoms with van der Waals surface area (Å²) in [6.07, 6.45) is 4.94. The van der Waals surface area contributed by atoms with E-state index in [4.69, 9.17) is 10.5 Å². The van der Waals surface area contributed by atoms with E-state index in [2.05, 4.69) is 20.8 Å². The summed E-state index contributed by atoms with van der Waals surface area (Å²) in [5, 5.41) is 0. The van der Waals surface area contributed by atoms with E-state index in [0.717, 1.165) is 25.7 Å². The number of carbonyl (C=O) groups excluding carboxylic acids is 1. The molecule has 0 aromatic rings. The van der Waals surface area contributed by atoms with Gasteiger partial charge in [-0.1, -0.05) is 33.6 Å². The van der Waals surface area contributed by atoms with Crippen LogP contribution in [0.25, 0.3) is 0 Å². The van der Waals surface area contributed by atoms with Crippen LogP contribution >= 0.6 is 0 Å². The summed E-state index contributed by atoms with van der Waals surface area (Å²) in [6, 6.07) is 0. The molecular formula is C13H25NO2. The normalized spacial score (nSPS) is 30.4. The number of rotatable bonds is 4. The Morgan fingerprint density at radius 1 is 1.50 bits per heavy atom. The standard InChI is InChI=1S/C13H25NO2/c1-10(2)7-9-16-12(15)13(14)8-5-4-6-11(13)3/h10-11H,4-9,14H2,1-3H3. The van der Waals surface area contributed by atoms with Gasteiger partial charge in [-0.25, -0.2) is 0 Å². The summed E-state index contributed by atoms with van der Waals surface area (Å²) in [7, 11) is 0. The molecule has 2 unspecified atom stereocenters. The Hall–Kier alpha value is -0.570. The summed E-state index contributed by atoms with van der Waals surface area (Å²) in [4.78, 5) is 12.0. The molecule has 0 aromatic carbocycles. The maximum Gasteiger partial charge on any atom is 0.326 e. The van der Waals surface area contributed by atoms with Crippen LogP contribution in [-0.4, -0.2) is 18.1 Å². The van der Waals surface area contributed by atoms with Crippen LogP contribution in [0.3, 0.4) is 0 Å². The van der Waals surface area contributed by atoms with Crippen LogP contribution in [0.2, 0.25) is 0 Å². The Labute approximate surface area is 98.7 Å². The van der Waals surface area contributed by atoms with E-state index in [1.807, 2.05) is 0 Å². The average Bonchev–Trinajstić information content (AvgIpc) is 2.22. The lowest BCUT2D eigenvalue weighted by molar-refractivity contribution is -0.154. The molecule has 0 saturated heterocycles. The van der Waals surface area contributed by atoms with Crippen molar-refractivity contribution in [3.8, 4) is 0 Å². The third kappa shape index (κ3) is 3.21. The maximum absolute atomic E-state index is 12.0. The van der Waals surface area contributed by atoms with Crippen LogP contribution in [0.5, 0.6) is 0 Å². The Kier molecular flexibility index (Phi) is 4.78. The van der Waals surface area contributed by atoms with Crippen molar-refractivity contribution in [2.24, 2.45) is 17.6 Å². The minimum atomic E-state index is -0.727. The molecule has 1 fully saturated rings. The lowest BCUT2D eigenvalue weighted by Gasteiger charge is -2.36. The predicted octanol–water partition coefficient (Wildman–Crippen LogP) is 2.48. The highest BCUT2D eigenvalue weighted by Gasteiger charge is 2.42. The van der Waals surface area contributed by atoms with Gasteiger partial charge in [-0.15, -0.1) is 0 Å². The van der Waals surface area contributed by atoms with Crippen LogP contribution in [0.15, 0.2) is 0 Å². The third-order valence-electron chi connectivity index (χ3n) is 3.67. The first-order valence-electron chi connectivity index (χ1n) is 6.43. The highest BCUT2D eigenvalue weighted by Crippen LogP contribution is 2.32. The van der Waals surface area contributed by atoms with Crippen molar-refractivity contribution in [3.05, 3.63) is 0 Å². The van der Waals surface area contributed by atoms with Gasteiger partial charge in [0.25, 0.3) is 0 Å². The Morgan fingerprint density at radius 2 is 2.19 bits per heavy atom. The summed E-state index contributed by atoms with van der Waals surface area (Å²) in [6.45, 7) is 6.80. The lowest BCUT2D eigenvalue weighted by atomic mass is 9.74. The SMILES string of the molecule is CC(C)CCOC(=O)C1(N)CCCCC1C. The van der Waals surface area contributed by atoms with E-state index in [9.17, 15) is 4.79 Å². The summed E-state index contributed by atoms with van der Waals surface area (Å²) < 4.78 is 5.30. The Morgan fingerprint density at radius 3 is 2.75 bits per heavy atom. The molecule has 1 rings (SSSR count). The van der Waals surface area contributed by atoms with Crippen molar-refractivity contribution in [3.63, 3.8) is 0 Å². The van der Waals surface area contributed by atoms with Gasteiger partial charge in [-0.2, -0.15) is 0 Å². The van der Waals surface area contributed by atoms with E-state index in [1.165, 1.54) is 6.42 Å². The van der Waals surface area contributed by atoms with Gasteiger partial charge in [-0.05, 0) is 31.1 Å². The fourth-order valence-electron chi connectivity index (χ4n) is 2.20. The van der Waals surface area contributed by atoms with E-state index in [-0.39, 0.29) is 11.9 Å². The highest BCUT2D eigenvalue weighted by molar-refractivity contribution is 5.81. The summed E-state index contributed by atoms with van der Waals surface area (Å²) >= 11 is 0. The first kappa shape index (κ1) is 13.5. The van der Waals surface area contributed by atoms with Crippen LogP contribution in [0, 0.1) is 11.8 Å². The van der Waals surface area contributed by atoms with Crippen molar-refractivity contribution in [1.82, 2.24) is 0 Å². The monoisotopic (exact) mass is 227 g/mol. The molecule has 94 valence electrons. The van der Waals surface area contributed by atoms with Crippen molar-refractivity contribution in [1.29, 1.82) is 0 Å². The Balaban J connectivity index is 2.44. The van der Waals surface area contributed by atoms with Gasteiger partial charge in [0.05, 0.1) is 6.61 Å². The molecule has 0 bridgehead atoms. The quantitative estimate of drug-likeness (QED) is 0.751. The highest BCUT2D eigenvalue weighted by atomic mass is 16.5. The van der Waals surface area contributed by atoms with Gasteiger partial charge in [0.1, 0.15) is 5.54 Å². The zero-order valence-corrected chi connectivity index (χ0v) is 10.8. The van der Waals surface area contributed by atoms with Crippen LogP contribution in [0.4, 0.5) is 0 Å². The van der Waals surface area contributed by atoms with Gasteiger partial charge in [0.15, 0.2) is 0 Å². The second-order valence-corrected chi connectivity index (χ2v) is 5.51. The van der Waals surface area contributed by atoms with E-state index in [1.54, 1.807) is 0 Å². The first-order valence-corrected chi connectivity index (χ1v) is 6.43. The van der Waals surface area contributed by atoms with Gasteiger partial charge in [-0.3, -0.25) is 4.79 Å². The first-order chi connectivity index (χ1) is 7.47. The molecule has 0 aliphatic heterocycles. The molecule has 1 saturated carbocycles. The van der Waals surface area contributed by atoms with Crippen LogP contribution in [-0.2, 0) is 9.53 Å². The largest absolute Gasteiger partial charge is 0.464 e. The van der Waals surface area contributed by atoms with E-state index >= 15 is 0 Å². The zero-order valence-electron chi connectivity index (χ0n) is 10.8. The topological polar surface area (TPSA) is 52.3 Å². The van der Waals surface area contributed by atoms with Crippen molar-refractivity contribution in [2.45, 2.75) is 58.4 Å². The molecule has 0 radical (unpaired) electrons. The smallest absolute Gasteiger partial charge is 0.326 e.